The van der Waals surface area contributed by atoms with Crippen LogP contribution in [0.2, 0.25) is 0 Å². The molecule has 0 saturated carbocycles. The topological polar surface area (TPSA) is 26.0 Å². The summed E-state index contributed by atoms with van der Waals surface area (Å²) in [6, 6.07) is 5.97. The van der Waals surface area contributed by atoms with Gasteiger partial charge in [0, 0.05) is 5.56 Å². The molecule has 70 valence electrons. The lowest BCUT2D eigenvalue weighted by Crippen LogP contribution is -1.78. The molecule has 0 radical (unpaired) electrons. The average Bonchev–Trinajstić information content (AvgIpc) is 2.67. The lowest BCUT2D eigenvalue weighted by molar-refractivity contribution is 0.573. The molecule has 0 aliphatic carbocycles. The van der Waals surface area contributed by atoms with E-state index in [0.717, 1.165) is 5.56 Å². The van der Waals surface area contributed by atoms with Gasteiger partial charge < -0.3 is 4.42 Å². The minimum absolute atomic E-state index is 0.274. The van der Waals surface area contributed by atoms with Crippen molar-refractivity contribution in [1.29, 1.82) is 0 Å². The zero-order chi connectivity index (χ0) is 9.97. The second-order valence-electron chi connectivity index (χ2n) is 2.79. The van der Waals surface area contributed by atoms with E-state index in [1.54, 1.807) is 18.2 Å². The average molecular weight is 189 g/mol. The smallest absolute Gasteiger partial charge is 0.226 e. The van der Waals surface area contributed by atoms with Crippen molar-refractivity contribution in [1.82, 2.24) is 4.98 Å². The van der Waals surface area contributed by atoms with Gasteiger partial charge in [-0.15, -0.1) is 0 Å². The molecule has 0 saturated heterocycles. The van der Waals surface area contributed by atoms with Crippen molar-refractivity contribution in [3.05, 3.63) is 48.6 Å². The largest absolute Gasteiger partial charge is 0.444 e. The van der Waals surface area contributed by atoms with Gasteiger partial charge in [-0.1, -0.05) is 6.58 Å². The molecule has 0 fully saturated rings. The molecule has 0 aliphatic rings. The highest BCUT2D eigenvalue weighted by Crippen LogP contribution is 2.18. The van der Waals surface area contributed by atoms with Crippen LogP contribution in [0.4, 0.5) is 4.39 Å². The molecular weight excluding hydrogens is 181 g/mol. The van der Waals surface area contributed by atoms with Gasteiger partial charge in [0.2, 0.25) is 5.89 Å². The zero-order valence-corrected chi connectivity index (χ0v) is 7.40. The van der Waals surface area contributed by atoms with Crippen LogP contribution < -0.4 is 0 Å². The number of benzene rings is 1. The maximum Gasteiger partial charge on any atom is 0.226 e. The number of nitrogens with zero attached hydrogens (tertiary/aromatic N) is 1. The van der Waals surface area contributed by atoms with Crippen LogP contribution in [-0.2, 0) is 0 Å². The first-order valence-electron chi connectivity index (χ1n) is 4.13. The molecule has 2 rings (SSSR count). The summed E-state index contributed by atoms with van der Waals surface area (Å²) in [5.41, 5.74) is 1.42. The van der Waals surface area contributed by atoms with Gasteiger partial charge in [0.1, 0.15) is 17.8 Å². The van der Waals surface area contributed by atoms with E-state index in [4.69, 9.17) is 4.42 Å². The van der Waals surface area contributed by atoms with Gasteiger partial charge in [-0.2, -0.15) is 0 Å². The third-order valence-electron chi connectivity index (χ3n) is 1.82. The van der Waals surface area contributed by atoms with Crippen molar-refractivity contribution < 1.29 is 8.81 Å². The summed E-state index contributed by atoms with van der Waals surface area (Å²) in [4.78, 5) is 4.12. The number of halogens is 1. The van der Waals surface area contributed by atoms with E-state index in [9.17, 15) is 4.39 Å². The van der Waals surface area contributed by atoms with E-state index >= 15 is 0 Å². The Morgan fingerprint density at radius 2 is 2.00 bits per heavy atom. The van der Waals surface area contributed by atoms with Crippen LogP contribution in [0.1, 0.15) is 5.69 Å². The Labute approximate surface area is 80.7 Å². The third-order valence-corrected chi connectivity index (χ3v) is 1.82. The van der Waals surface area contributed by atoms with E-state index in [1.165, 1.54) is 18.4 Å². The Morgan fingerprint density at radius 3 is 2.57 bits per heavy atom. The molecule has 0 N–H and O–H groups in total. The lowest BCUT2D eigenvalue weighted by Gasteiger charge is -1.93. The van der Waals surface area contributed by atoms with E-state index in [1.807, 2.05) is 0 Å². The van der Waals surface area contributed by atoms with Gasteiger partial charge in [0.05, 0.1) is 0 Å². The number of hydrogen-bond donors (Lipinski definition) is 0. The maximum atomic E-state index is 12.6. The van der Waals surface area contributed by atoms with Crippen LogP contribution in [0.3, 0.4) is 0 Å². The molecule has 0 atom stereocenters. The van der Waals surface area contributed by atoms with Crippen molar-refractivity contribution in [3.63, 3.8) is 0 Å². The molecule has 3 heteroatoms. The van der Waals surface area contributed by atoms with Gasteiger partial charge >= 0.3 is 0 Å². The SMILES string of the molecule is C=Cc1coc(-c2ccc(F)cc2)n1. The van der Waals surface area contributed by atoms with Crippen LogP contribution in [0, 0.1) is 5.82 Å². The molecule has 0 amide bonds. The Morgan fingerprint density at radius 1 is 1.29 bits per heavy atom. The van der Waals surface area contributed by atoms with Gasteiger partial charge in [0.15, 0.2) is 0 Å². The van der Waals surface area contributed by atoms with E-state index in [0.29, 0.717) is 11.6 Å². The summed E-state index contributed by atoms with van der Waals surface area (Å²) in [6.45, 7) is 3.57. The highest BCUT2D eigenvalue weighted by atomic mass is 19.1. The fourth-order valence-electron chi connectivity index (χ4n) is 1.10. The summed E-state index contributed by atoms with van der Waals surface area (Å²) < 4.78 is 17.8. The minimum atomic E-state index is -0.274. The van der Waals surface area contributed by atoms with Gasteiger partial charge in [-0.05, 0) is 30.3 Å². The molecule has 1 heterocycles. The predicted molar refractivity (Wildman–Crippen MR) is 52.0 cm³/mol. The monoisotopic (exact) mass is 189 g/mol. The number of rotatable bonds is 2. The van der Waals surface area contributed by atoms with Crippen molar-refractivity contribution >= 4 is 6.08 Å². The lowest BCUT2D eigenvalue weighted by atomic mass is 10.2. The second kappa shape index (κ2) is 3.46. The number of oxazole rings is 1. The molecule has 14 heavy (non-hydrogen) atoms. The van der Waals surface area contributed by atoms with Crippen molar-refractivity contribution in [2.24, 2.45) is 0 Å². The van der Waals surface area contributed by atoms with Crippen LogP contribution in [0.5, 0.6) is 0 Å². The highest BCUT2D eigenvalue weighted by Gasteiger charge is 2.04. The highest BCUT2D eigenvalue weighted by molar-refractivity contribution is 5.55. The summed E-state index contributed by atoms with van der Waals surface area (Å²) in [7, 11) is 0. The molecular formula is C11H8FNO. The third kappa shape index (κ3) is 1.57. The standard InChI is InChI=1S/C11H8FNO/c1-2-10-7-14-11(13-10)8-3-5-9(12)6-4-8/h2-7H,1H2. The molecule has 0 aliphatic heterocycles. The molecule has 2 nitrogen and oxygen atoms in total. The summed E-state index contributed by atoms with van der Waals surface area (Å²) in [5, 5.41) is 0. The Balaban J connectivity index is 2.39. The van der Waals surface area contributed by atoms with Crippen LogP contribution in [-0.4, -0.2) is 4.98 Å². The quantitative estimate of drug-likeness (QED) is 0.725. The molecule has 0 spiro atoms. The van der Waals surface area contributed by atoms with Crippen LogP contribution in [0.15, 0.2) is 41.5 Å². The summed E-state index contributed by atoms with van der Waals surface area (Å²) in [6.07, 6.45) is 3.10. The Kier molecular flexibility index (Phi) is 2.14. The summed E-state index contributed by atoms with van der Waals surface area (Å²) >= 11 is 0. The predicted octanol–water partition coefficient (Wildman–Crippen LogP) is 3.12. The first kappa shape index (κ1) is 8.69. The van der Waals surface area contributed by atoms with Gasteiger partial charge in [-0.25, -0.2) is 9.37 Å². The number of aromatic nitrogens is 1. The van der Waals surface area contributed by atoms with Crippen LogP contribution in [0.25, 0.3) is 17.5 Å². The maximum absolute atomic E-state index is 12.6. The molecule has 0 unspecified atom stereocenters. The molecule has 1 aromatic carbocycles. The van der Waals surface area contributed by atoms with Crippen molar-refractivity contribution in [2.45, 2.75) is 0 Å². The fourth-order valence-corrected chi connectivity index (χ4v) is 1.10. The Bertz CT molecular complexity index is 445. The van der Waals surface area contributed by atoms with Gasteiger partial charge in [0.25, 0.3) is 0 Å². The van der Waals surface area contributed by atoms with E-state index < -0.39 is 0 Å². The second-order valence-corrected chi connectivity index (χ2v) is 2.79. The fraction of sp³-hybridized carbons (Fsp3) is 0. The Hall–Kier alpha value is -1.90. The zero-order valence-electron chi connectivity index (χ0n) is 7.40. The van der Waals surface area contributed by atoms with E-state index in [-0.39, 0.29) is 5.82 Å². The molecule has 0 bridgehead atoms. The molecule has 2 aromatic rings. The van der Waals surface area contributed by atoms with E-state index in [2.05, 4.69) is 11.6 Å². The number of hydrogen-bond acceptors (Lipinski definition) is 2. The minimum Gasteiger partial charge on any atom is -0.444 e. The normalized spacial score (nSPS) is 10.1. The first-order valence-corrected chi connectivity index (χ1v) is 4.13. The summed E-state index contributed by atoms with van der Waals surface area (Å²) in [5.74, 6) is 0.198. The molecule has 1 aromatic heterocycles. The van der Waals surface area contributed by atoms with Crippen LogP contribution >= 0.6 is 0 Å². The van der Waals surface area contributed by atoms with Crippen molar-refractivity contribution in [2.75, 3.05) is 0 Å². The van der Waals surface area contributed by atoms with Gasteiger partial charge in [-0.3, -0.25) is 0 Å². The first-order chi connectivity index (χ1) is 6.79. The van der Waals surface area contributed by atoms with Crippen molar-refractivity contribution in [3.8, 4) is 11.5 Å².